The highest BCUT2D eigenvalue weighted by atomic mass is 16.3. The number of rotatable bonds is 4. The highest BCUT2D eigenvalue weighted by Crippen LogP contribution is 2.23. The van der Waals surface area contributed by atoms with E-state index in [1.807, 2.05) is 32.0 Å². The molecule has 1 aliphatic rings. The number of hydrogen-bond acceptors (Lipinski definition) is 5. The second-order valence-electron chi connectivity index (χ2n) is 6.46. The Kier molecular flexibility index (Phi) is 5.03. The molecule has 0 radical (unpaired) electrons. The van der Waals surface area contributed by atoms with Crippen LogP contribution in [0.4, 0.5) is 5.82 Å². The number of nitriles is 1. The van der Waals surface area contributed by atoms with Gasteiger partial charge in [-0.25, -0.2) is 4.98 Å². The number of pyridine rings is 1. The smallest absolute Gasteiger partial charge is 0.223 e. The predicted molar refractivity (Wildman–Crippen MR) is 93.9 cm³/mol. The van der Waals surface area contributed by atoms with E-state index >= 15 is 0 Å². The zero-order chi connectivity index (χ0) is 17.8. The summed E-state index contributed by atoms with van der Waals surface area (Å²) >= 11 is 0. The van der Waals surface area contributed by atoms with Gasteiger partial charge in [-0.15, -0.1) is 0 Å². The first-order valence-corrected chi connectivity index (χ1v) is 8.54. The minimum Gasteiger partial charge on any atom is -0.464 e. The van der Waals surface area contributed by atoms with E-state index in [2.05, 4.69) is 21.3 Å². The van der Waals surface area contributed by atoms with Crippen molar-refractivity contribution >= 4 is 11.7 Å². The lowest BCUT2D eigenvalue weighted by Gasteiger charge is -2.32. The lowest BCUT2D eigenvalue weighted by molar-refractivity contribution is -0.126. The number of hydrogen-bond donors (Lipinski definition) is 1. The van der Waals surface area contributed by atoms with Crippen LogP contribution >= 0.6 is 0 Å². The van der Waals surface area contributed by atoms with Gasteiger partial charge in [0.2, 0.25) is 5.91 Å². The molecule has 2 aromatic heterocycles. The van der Waals surface area contributed by atoms with Crippen LogP contribution in [0.25, 0.3) is 0 Å². The SMILES string of the molecule is Cc1ccc(C(C)NC(=O)C2CCN(c3ccc(C#N)cn3)CC2)o1. The largest absolute Gasteiger partial charge is 0.464 e. The van der Waals surface area contributed by atoms with Crippen molar-refractivity contribution in [1.29, 1.82) is 5.26 Å². The molecule has 1 unspecified atom stereocenters. The van der Waals surface area contributed by atoms with Crippen LogP contribution in [0.15, 0.2) is 34.9 Å². The maximum atomic E-state index is 12.5. The van der Waals surface area contributed by atoms with Crippen LogP contribution in [0.3, 0.4) is 0 Å². The van der Waals surface area contributed by atoms with Crippen LogP contribution in [0.5, 0.6) is 0 Å². The van der Waals surface area contributed by atoms with Crippen LogP contribution < -0.4 is 10.2 Å². The average Bonchev–Trinajstić information content (AvgIpc) is 3.08. The molecule has 1 amide bonds. The van der Waals surface area contributed by atoms with Crippen LogP contribution in [-0.2, 0) is 4.79 Å². The molecule has 0 aliphatic carbocycles. The van der Waals surface area contributed by atoms with Crippen LogP contribution in [0.1, 0.15) is 42.9 Å². The molecule has 0 aromatic carbocycles. The molecule has 0 spiro atoms. The van der Waals surface area contributed by atoms with Crippen molar-refractivity contribution in [1.82, 2.24) is 10.3 Å². The first-order chi connectivity index (χ1) is 12.1. The van der Waals surface area contributed by atoms with Gasteiger partial charge in [-0.05, 0) is 51.0 Å². The van der Waals surface area contributed by atoms with E-state index in [1.165, 1.54) is 0 Å². The Morgan fingerprint density at radius 3 is 2.68 bits per heavy atom. The molecule has 130 valence electrons. The predicted octanol–water partition coefficient (Wildman–Crippen LogP) is 2.95. The quantitative estimate of drug-likeness (QED) is 0.927. The van der Waals surface area contributed by atoms with E-state index in [9.17, 15) is 4.79 Å². The fourth-order valence-corrected chi connectivity index (χ4v) is 3.10. The van der Waals surface area contributed by atoms with E-state index < -0.39 is 0 Å². The van der Waals surface area contributed by atoms with Crippen molar-refractivity contribution in [3.63, 3.8) is 0 Å². The minimum atomic E-state index is -0.126. The number of carbonyl (C=O) groups is 1. The summed E-state index contributed by atoms with van der Waals surface area (Å²) in [6.45, 7) is 5.40. The molecule has 6 heteroatoms. The summed E-state index contributed by atoms with van der Waals surface area (Å²) in [5.41, 5.74) is 0.556. The Balaban J connectivity index is 1.52. The maximum absolute atomic E-state index is 12.5. The first-order valence-electron chi connectivity index (χ1n) is 8.54. The van der Waals surface area contributed by atoms with Crippen LogP contribution in [0.2, 0.25) is 0 Å². The van der Waals surface area contributed by atoms with Gasteiger partial charge < -0.3 is 14.6 Å². The summed E-state index contributed by atoms with van der Waals surface area (Å²) in [5.74, 6) is 2.57. The van der Waals surface area contributed by atoms with Crippen molar-refractivity contribution in [3.05, 3.63) is 47.5 Å². The van der Waals surface area contributed by atoms with Gasteiger partial charge in [0.25, 0.3) is 0 Å². The molecular formula is C19H22N4O2. The molecule has 1 fully saturated rings. The lowest BCUT2D eigenvalue weighted by Crippen LogP contribution is -2.41. The molecule has 1 atom stereocenters. The van der Waals surface area contributed by atoms with Gasteiger partial charge in [-0.3, -0.25) is 4.79 Å². The summed E-state index contributed by atoms with van der Waals surface area (Å²) in [5, 5.41) is 11.9. The Morgan fingerprint density at radius 2 is 2.12 bits per heavy atom. The highest BCUT2D eigenvalue weighted by molar-refractivity contribution is 5.79. The van der Waals surface area contributed by atoms with Gasteiger partial charge in [0.1, 0.15) is 23.4 Å². The van der Waals surface area contributed by atoms with Gasteiger partial charge in [0.15, 0.2) is 0 Å². The van der Waals surface area contributed by atoms with Gasteiger partial charge in [-0.2, -0.15) is 5.26 Å². The number of aromatic nitrogens is 1. The van der Waals surface area contributed by atoms with Gasteiger partial charge in [0.05, 0.1) is 11.6 Å². The topological polar surface area (TPSA) is 82.2 Å². The van der Waals surface area contributed by atoms with Crippen molar-refractivity contribution < 1.29 is 9.21 Å². The fourth-order valence-electron chi connectivity index (χ4n) is 3.10. The number of piperidine rings is 1. The van der Waals surface area contributed by atoms with E-state index in [0.717, 1.165) is 43.3 Å². The van der Waals surface area contributed by atoms with Crippen LogP contribution in [0, 0.1) is 24.2 Å². The third-order valence-electron chi connectivity index (χ3n) is 4.61. The Bertz CT molecular complexity index is 767. The zero-order valence-corrected chi connectivity index (χ0v) is 14.5. The summed E-state index contributed by atoms with van der Waals surface area (Å²) in [6, 6.07) is 9.38. The number of aryl methyl sites for hydroxylation is 1. The Labute approximate surface area is 147 Å². The van der Waals surface area contributed by atoms with Crippen LogP contribution in [-0.4, -0.2) is 24.0 Å². The Hall–Kier alpha value is -2.81. The van der Waals surface area contributed by atoms with Gasteiger partial charge in [-0.1, -0.05) is 0 Å². The molecule has 0 saturated carbocycles. The number of nitrogens with zero attached hydrogens (tertiary/aromatic N) is 3. The molecule has 1 N–H and O–H groups in total. The normalized spacial score (nSPS) is 16.3. The molecule has 6 nitrogen and oxygen atoms in total. The van der Waals surface area contributed by atoms with Gasteiger partial charge >= 0.3 is 0 Å². The van der Waals surface area contributed by atoms with Crippen molar-refractivity contribution in [2.24, 2.45) is 5.92 Å². The van der Waals surface area contributed by atoms with E-state index in [0.29, 0.717) is 5.56 Å². The first kappa shape index (κ1) is 17.0. The third kappa shape index (κ3) is 4.00. The third-order valence-corrected chi connectivity index (χ3v) is 4.61. The monoisotopic (exact) mass is 338 g/mol. The van der Waals surface area contributed by atoms with Crippen molar-refractivity contribution in [2.45, 2.75) is 32.7 Å². The standard InChI is InChI=1S/C19H22N4O2/c1-13-3-5-17(25-13)14(2)22-19(24)16-7-9-23(10-8-16)18-6-4-15(11-20)12-21-18/h3-6,12,14,16H,7-10H2,1-2H3,(H,22,24). The fraction of sp³-hybridized carbons (Fsp3) is 0.421. The molecule has 0 bridgehead atoms. The lowest BCUT2D eigenvalue weighted by atomic mass is 9.95. The van der Waals surface area contributed by atoms with Gasteiger partial charge in [0, 0.05) is 25.2 Å². The Morgan fingerprint density at radius 1 is 1.36 bits per heavy atom. The summed E-state index contributed by atoms with van der Waals surface area (Å²) in [4.78, 5) is 19.0. The molecular weight excluding hydrogens is 316 g/mol. The van der Waals surface area contributed by atoms with Crippen molar-refractivity contribution in [2.75, 3.05) is 18.0 Å². The zero-order valence-electron chi connectivity index (χ0n) is 14.5. The van der Waals surface area contributed by atoms with E-state index in [1.54, 1.807) is 12.3 Å². The number of amides is 1. The molecule has 3 rings (SSSR count). The van der Waals surface area contributed by atoms with E-state index in [-0.39, 0.29) is 17.9 Å². The van der Waals surface area contributed by atoms with E-state index in [4.69, 9.17) is 9.68 Å². The second kappa shape index (κ2) is 7.39. The summed E-state index contributed by atoms with van der Waals surface area (Å²) in [7, 11) is 0. The molecule has 2 aromatic rings. The molecule has 25 heavy (non-hydrogen) atoms. The number of anilines is 1. The second-order valence-corrected chi connectivity index (χ2v) is 6.46. The molecule has 1 saturated heterocycles. The molecule has 3 heterocycles. The maximum Gasteiger partial charge on any atom is 0.223 e. The minimum absolute atomic E-state index is 0.00754. The molecule has 1 aliphatic heterocycles. The highest BCUT2D eigenvalue weighted by Gasteiger charge is 2.27. The number of furan rings is 1. The summed E-state index contributed by atoms with van der Waals surface area (Å²) < 4.78 is 5.57. The average molecular weight is 338 g/mol. The number of carbonyl (C=O) groups excluding carboxylic acids is 1. The number of nitrogens with one attached hydrogen (secondary N) is 1. The summed E-state index contributed by atoms with van der Waals surface area (Å²) in [6.07, 6.45) is 3.16. The van der Waals surface area contributed by atoms with Crippen molar-refractivity contribution in [3.8, 4) is 6.07 Å².